The molecule has 0 saturated carbocycles. The minimum atomic E-state index is -0.667. The van der Waals surface area contributed by atoms with Crippen LogP contribution in [-0.4, -0.2) is 58.1 Å². The van der Waals surface area contributed by atoms with Crippen LogP contribution in [0.15, 0.2) is 53.3 Å². The lowest BCUT2D eigenvalue weighted by Gasteiger charge is -2.32. The van der Waals surface area contributed by atoms with Crippen LogP contribution in [0.25, 0.3) is 11.0 Å². The topological polar surface area (TPSA) is 115 Å². The van der Waals surface area contributed by atoms with E-state index in [1.807, 2.05) is 42.5 Å². The maximum atomic E-state index is 13.0. The Hall–Kier alpha value is -3.92. The Labute approximate surface area is 233 Å². The number of fused-ring (bicyclic) bond motifs is 1. The Morgan fingerprint density at radius 1 is 1.00 bits per heavy atom. The molecule has 2 aliphatic heterocycles. The second-order valence-electron chi connectivity index (χ2n) is 10.8. The number of nitrogens with one attached hydrogen (secondary N) is 2. The van der Waals surface area contributed by atoms with Crippen molar-refractivity contribution in [3.8, 4) is 0 Å². The number of imide groups is 1. The molecule has 3 amide bonds. The molecular formula is C30H37N5O5. The zero-order chi connectivity index (χ0) is 28.1. The number of ether oxygens (including phenoxy) is 1. The molecule has 40 heavy (non-hydrogen) atoms. The number of nitrogens with zero attached hydrogens (tertiary/aromatic N) is 3. The van der Waals surface area contributed by atoms with Gasteiger partial charge in [-0.3, -0.25) is 24.0 Å². The number of aromatic nitrogens is 2. The van der Waals surface area contributed by atoms with Crippen molar-refractivity contribution in [1.82, 2.24) is 24.7 Å². The van der Waals surface area contributed by atoms with Crippen LogP contribution >= 0.6 is 0 Å². The summed E-state index contributed by atoms with van der Waals surface area (Å²) in [7, 11) is 1.73. The van der Waals surface area contributed by atoms with Crippen molar-refractivity contribution in [2.45, 2.75) is 51.2 Å². The molecule has 2 saturated heterocycles. The van der Waals surface area contributed by atoms with E-state index in [1.165, 1.54) is 10.1 Å². The first-order chi connectivity index (χ1) is 19.4. The fraction of sp³-hybridized carbons (Fsp3) is 0.467. The predicted octanol–water partition coefficient (Wildman–Crippen LogP) is 2.89. The van der Waals surface area contributed by atoms with Gasteiger partial charge in [0.15, 0.2) is 0 Å². The first kappa shape index (κ1) is 27.6. The standard InChI is InChI=1S/C30H37N5O5/c1-33-26-19-22(9-10-24(26)35(30(33)39)25-11-12-27(36)32-28(25)37)8-7-21-13-16-34(17-14-21)18-15-31-29(38)40-20-23-5-3-2-4-6-23/h2-6,9-10,19,21,25H,7-8,11-18,20H2,1H3,(H,31,38)(H,32,36,37). The van der Waals surface area contributed by atoms with Gasteiger partial charge in [0.1, 0.15) is 12.6 Å². The molecule has 3 aromatic rings. The third kappa shape index (κ3) is 6.44. The molecule has 1 atom stereocenters. The zero-order valence-corrected chi connectivity index (χ0v) is 22.9. The second kappa shape index (κ2) is 12.5. The number of carbonyl (C=O) groups excluding carboxylic acids is 3. The first-order valence-corrected chi connectivity index (χ1v) is 14.1. The summed E-state index contributed by atoms with van der Waals surface area (Å²) in [5.74, 6) is -0.0776. The maximum absolute atomic E-state index is 13.0. The zero-order valence-electron chi connectivity index (χ0n) is 22.9. The van der Waals surface area contributed by atoms with Crippen LogP contribution in [0.4, 0.5) is 4.79 Å². The van der Waals surface area contributed by atoms with E-state index in [-0.39, 0.29) is 30.7 Å². The first-order valence-electron chi connectivity index (χ1n) is 14.1. The molecule has 2 fully saturated rings. The molecule has 2 aromatic carbocycles. The fourth-order valence-electron chi connectivity index (χ4n) is 5.75. The van der Waals surface area contributed by atoms with Gasteiger partial charge in [-0.05, 0) is 74.4 Å². The summed E-state index contributed by atoms with van der Waals surface area (Å²) >= 11 is 0. The molecule has 2 N–H and O–H groups in total. The summed E-state index contributed by atoms with van der Waals surface area (Å²) in [4.78, 5) is 51.3. The molecule has 212 valence electrons. The van der Waals surface area contributed by atoms with E-state index in [1.54, 1.807) is 11.6 Å². The number of imidazole rings is 1. The smallest absolute Gasteiger partial charge is 0.407 e. The molecule has 0 bridgehead atoms. The molecule has 10 heteroatoms. The van der Waals surface area contributed by atoms with Gasteiger partial charge >= 0.3 is 11.8 Å². The number of aryl methyl sites for hydroxylation is 2. The van der Waals surface area contributed by atoms with E-state index in [9.17, 15) is 19.2 Å². The summed E-state index contributed by atoms with van der Waals surface area (Å²) in [6.45, 7) is 3.66. The predicted molar refractivity (Wildman–Crippen MR) is 151 cm³/mol. The van der Waals surface area contributed by atoms with E-state index in [0.29, 0.717) is 18.9 Å². The van der Waals surface area contributed by atoms with Crippen molar-refractivity contribution in [3.63, 3.8) is 0 Å². The lowest BCUT2D eigenvalue weighted by Crippen LogP contribution is -2.44. The number of rotatable bonds is 9. The summed E-state index contributed by atoms with van der Waals surface area (Å²) in [5.41, 5.74) is 3.42. The van der Waals surface area contributed by atoms with Crippen molar-refractivity contribution in [2.24, 2.45) is 13.0 Å². The number of alkyl carbamates (subject to hydrolysis) is 1. The minimum Gasteiger partial charge on any atom is -0.445 e. The van der Waals surface area contributed by atoms with Gasteiger partial charge < -0.3 is 15.0 Å². The average Bonchev–Trinajstić information content (AvgIpc) is 3.21. The van der Waals surface area contributed by atoms with Gasteiger partial charge in [0.05, 0.1) is 11.0 Å². The van der Waals surface area contributed by atoms with Gasteiger partial charge in [0, 0.05) is 26.6 Å². The lowest BCUT2D eigenvalue weighted by atomic mass is 9.90. The highest BCUT2D eigenvalue weighted by Crippen LogP contribution is 2.26. The number of carbonyl (C=O) groups is 3. The normalized spacial score (nSPS) is 18.6. The van der Waals surface area contributed by atoms with Gasteiger partial charge in [-0.2, -0.15) is 0 Å². The molecule has 0 spiro atoms. The highest BCUT2D eigenvalue weighted by molar-refractivity contribution is 6.00. The van der Waals surface area contributed by atoms with Crippen LogP contribution in [0.3, 0.4) is 0 Å². The molecule has 1 aromatic heterocycles. The monoisotopic (exact) mass is 547 g/mol. The summed E-state index contributed by atoms with van der Waals surface area (Å²) < 4.78 is 8.38. The van der Waals surface area contributed by atoms with Gasteiger partial charge in [-0.25, -0.2) is 9.59 Å². The van der Waals surface area contributed by atoms with Crippen LogP contribution in [0.2, 0.25) is 0 Å². The van der Waals surface area contributed by atoms with Crippen molar-refractivity contribution >= 4 is 28.9 Å². The minimum absolute atomic E-state index is 0.230. The average molecular weight is 548 g/mol. The van der Waals surface area contributed by atoms with Crippen molar-refractivity contribution < 1.29 is 19.1 Å². The highest BCUT2D eigenvalue weighted by atomic mass is 16.5. The Morgan fingerprint density at radius 3 is 2.52 bits per heavy atom. The van der Waals surface area contributed by atoms with Crippen LogP contribution < -0.4 is 16.3 Å². The van der Waals surface area contributed by atoms with Crippen LogP contribution in [0, 0.1) is 5.92 Å². The number of piperidine rings is 2. The molecule has 2 aliphatic rings. The quantitative estimate of drug-likeness (QED) is 0.398. The number of hydrogen-bond donors (Lipinski definition) is 2. The molecule has 5 rings (SSSR count). The molecule has 10 nitrogen and oxygen atoms in total. The molecule has 1 unspecified atom stereocenters. The Kier molecular flexibility index (Phi) is 8.64. The van der Waals surface area contributed by atoms with Crippen molar-refractivity contribution in [2.75, 3.05) is 26.2 Å². The second-order valence-corrected chi connectivity index (χ2v) is 10.8. The Balaban J connectivity index is 1.06. The molecule has 0 radical (unpaired) electrons. The third-order valence-corrected chi connectivity index (χ3v) is 8.13. The highest BCUT2D eigenvalue weighted by Gasteiger charge is 2.31. The van der Waals surface area contributed by atoms with Crippen LogP contribution in [0.1, 0.15) is 49.3 Å². The largest absolute Gasteiger partial charge is 0.445 e. The molecule has 0 aliphatic carbocycles. The summed E-state index contributed by atoms with van der Waals surface area (Å²) in [6.07, 6.45) is 4.40. The Morgan fingerprint density at radius 2 is 1.77 bits per heavy atom. The number of likely N-dealkylation sites (tertiary alicyclic amines) is 1. The third-order valence-electron chi connectivity index (χ3n) is 8.13. The van der Waals surface area contributed by atoms with Gasteiger partial charge in [0.2, 0.25) is 11.8 Å². The SMILES string of the molecule is Cn1c(=O)n(C2CCC(=O)NC2=O)c2ccc(CCC3CCN(CCNC(=O)OCc4ccccc4)CC3)cc21. The van der Waals surface area contributed by atoms with Gasteiger partial charge in [-0.1, -0.05) is 36.4 Å². The van der Waals surface area contributed by atoms with Gasteiger partial charge in [-0.15, -0.1) is 0 Å². The number of hydrogen-bond acceptors (Lipinski definition) is 6. The fourth-order valence-corrected chi connectivity index (χ4v) is 5.75. The lowest BCUT2D eigenvalue weighted by molar-refractivity contribution is -0.135. The molecule has 3 heterocycles. The number of amides is 3. The van der Waals surface area contributed by atoms with E-state index < -0.39 is 11.9 Å². The van der Waals surface area contributed by atoms with Crippen LogP contribution in [-0.2, 0) is 34.4 Å². The van der Waals surface area contributed by atoms with E-state index in [4.69, 9.17) is 4.74 Å². The summed E-state index contributed by atoms with van der Waals surface area (Å²) in [5, 5.41) is 5.19. The number of benzene rings is 2. The van der Waals surface area contributed by atoms with E-state index in [0.717, 1.165) is 61.9 Å². The molecular weight excluding hydrogens is 510 g/mol. The van der Waals surface area contributed by atoms with Gasteiger partial charge in [0.25, 0.3) is 0 Å². The van der Waals surface area contributed by atoms with Crippen molar-refractivity contribution in [1.29, 1.82) is 0 Å². The Bertz CT molecular complexity index is 1420. The maximum Gasteiger partial charge on any atom is 0.407 e. The van der Waals surface area contributed by atoms with Crippen molar-refractivity contribution in [3.05, 3.63) is 70.1 Å². The van der Waals surface area contributed by atoms with Crippen LogP contribution in [0.5, 0.6) is 0 Å². The van der Waals surface area contributed by atoms with E-state index >= 15 is 0 Å². The summed E-state index contributed by atoms with van der Waals surface area (Å²) in [6, 6.07) is 15.0. The van der Waals surface area contributed by atoms with E-state index in [2.05, 4.69) is 21.6 Å².